The highest BCUT2D eigenvalue weighted by Gasteiger charge is 2.27. The van der Waals surface area contributed by atoms with Gasteiger partial charge in [0.2, 0.25) is 5.91 Å². The van der Waals surface area contributed by atoms with Crippen LogP contribution in [0.15, 0.2) is 79.0 Å². The number of amides is 2. The zero-order valence-corrected chi connectivity index (χ0v) is 21.2. The smallest absolute Gasteiger partial charge is 0.328 e. The predicted molar refractivity (Wildman–Crippen MR) is 146 cm³/mol. The Kier molecular flexibility index (Phi) is 8.83. The van der Waals surface area contributed by atoms with Gasteiger partial charge in [0.1, 0.15) is 17.8 Å². The number of carboxylic acids is 1. The van der Waals surface area contributed by atoms with Crippen molar-refractivity contribution < 1.29 is 29.0 Å². The number of aliphatic carboxylic acids is 1. The molecule has 9 heteroatoms. The van der Waals surface area contributed by atoms with Crippen LogP contribution in [0.25, 0.3) is 21.5 Å². The number of nitrogens with two attached hydrogens (primary N) is 1. The fourth-order valence-electron chi connectivity index (χ4n) is 4.40. The molecular formula is C30H29N3O6. The van der Waals surface area contributed by atoms with Crippen LogP contribution in [0, 0.1) is 0 Å². The second kappa shape index (κ2) is 12.6. The van der Waals surface area contributed by atoms with E-state index < -0.39 is 35.9 Å². The van der Waals surface area contributed by atoms with Crippen LogP contribution < -0.4 is 11.1 Å². The van der Waals surface area contributed by atoms with E-state index in [-0.39, 0.29) is 37.8 Å². The van der Waals surface area contributed by atoms with Gasteiger partial charge >= 0.3 is 11.9 Å². The summed E-state index contributed by atoms with van der Waals surface area (Å²) in [6.07, 6.45) is 0.704. The zero-order chi connectivity index (χ0) is 27.8. The molecule has 2 amide bonds. The van der Waals surface area contributed by atoms with Gasteiger partial charge < -0.3 is 20.9 Å². The molecule has 0 saturated heterocycles. The largest absolute Gasteiger partial charge is 0.481 e. The molecule has 0 radical (unpaired) electrons. The second-order valence-corrected chi connectivity index (χ2v) is 9.34. The van der Waals surface area contributed by atoms with E-state index in [0.717, 1.165) is 27.1 Å². The quantitative estimate of drug-likeness (QED) is 0.237. The first kappa shape index (κ1) is 27.3. The number of nitrogens with zero attached hydrogens (tertiary/aromatic N) is 1. The lowest BCUT2D eigenvalue weighted by Crippen LogP contribution is -2.44. The summed E-state index contributed by atoms with van der Waals surface area (Å²) in [4.78, 5) is 53.2. The van der Waals surface area contributed by atoms with Crippen molar-refractivity contribution in [1.82, 2.24) is 10.3 Å². The number of benzene rings is 3. The molecule has 0 fully saturated rings. The number of carbonyl (C=O) groups excluding carboxylic acids is 3. The van der Waals surface area contributed by atoms with Gasteiger partial charge in [-0.25, -0.2) is 4.79 Å². The van der Waals surface area contributed by atoms with Gasteiger partial charge in [-0.3, -0.25) is 19.4 Å². The number of esters is 1. The van der Waals surface area contributed by atoms with Crippen LogP contribution >= 0.6 is 0 Å². The van der Waals surface area contributed by atoms with E-state index in [1.165, 1.54) is 0 Å². The molecule has 1 heterocycles. The summed E-state index contributed by atoms with van der Waals surface area (Å²) in [5.74, 6) is -3.03. The number of hydrogen-bond acceptors (Lipinski definition) is 6. The number of rotatable bonds is 12. The molecule has 0 aliphatic heterocycles. The monoisotopic (exact) mass is 527 g/mol. The van der Waals surface area contributed by atoms with E-state index >= 15 is 0 Å². The molecule has 3 aromatic carbocycles. The van der Waals surface area contributed by atoms with Crippen molar-refractivity contribution in [2.75, 3.05) is 0 Å². The maximum atomic E-state index is 13.2. The molecule has 9 nitrogen and oxygen atoms in total. The Morgan fingerprint density at radius 1 is 0.897 bits per heavy atom. The highest BCUT2D eigenvalue weighted by Crippen LogP contribution is 2.19. The lowest BCUT2D eigenvalue weighted by Gasteiger charge is -2.22. The Morgan fingerprint density at radius 2 is 1.56 bits per heavy atom. The highest BCUT2D eigenvalue weighted by atomic mass is 16.5. The molecule has 0 unspecified atom stereocenters. The summed E-state index contributed by atoms with van der Waals surface area (Å²) in [5.41, 5.74) is 6.38. The molecule has 200 valence electrons. The molecule has 0 saturated carbocycles. The Hall–Kier alpha value is -4.79. The second-order valence-electron chi connectivity index (χ2n) is 9.34. The van der Waals surface area contributed by atoms with Crippen LogP contribution in [0.5, 0.6) is 0 Å². The van der Waals surface area contributed by atoms with Crippen molar-refractivity contribution in [3.8, 4) is 0 Å². The molecule has 0 aliphatic carbocycles. The van der Waals surface area contributed by atoms with Crippen molar-refractivity contribution in [2.45, 2.75) is 44.2 Å². The first-order chi connectivity index (χ1) is 18.8. The number of ether oxygens (including phenoxy) is 1. The number of carbonyl (C=O) groups is 4. The third kappa shape index (κ3) is 7.61. The van der Waals surface area contributed by atoms with E-state index in [1.807, 2.05) is 66.7 Å². The van der Waals surface area contributed by atoms with Crippen LogP contribution in [-0.4, -0.2) is 46.0 Å². The number of primary amides is 1. The highest BCUT2D eigenvalue weighted by molar-refractivity contribution is 5.98. The van der Waals surface area contributed by atoms with Gasteiger partial charge in [-0.2, -0.15) is 0 Å². The number of carboxylic acid groups (broad SMARTS) is 1. The number of nitrogens with one attached hydrogen (secondary N) is 1. The summed E-state index contributed by atoms with van der Waals surface area (Å²) >= 11 is 0. The van der Waals surface area contributed by atoms with E-state index in [2.05, 4.69) is 10.3 Å². The molecule has 39 heavy (non-hydrogen) atoms. The van der Waals surface area contributed by atoms with Crippen molar-refractivity contribution in [3.63, 3.8) is 0 Å². The molecule has 0 bridgehead atoms. The van der Waals surface area contributed by atoms with Crippen LogP contribution in [-0.2, 0) is 25.5 Å². The average Bonchev–Trinajstić information content (AvgIpc) is 2.91. The third-order valence-corrected chi connectivity index (χ3v) is 6.33. The molecule has 1 aromatic heterocycles. The van der Waals surface area contributed by atoms with Crippen molar-refractivity contribution in [1.29, 1.82) is 0 Å². The molecule has 4 rings (SSSR count). The van der Waals surface area contributed by atoms with Gasteiger partial charge in [0.15, 0.2) is 0 Å². The normalized spacial score (nSPS) is 12.5. The van der Waals surface area contributed by atoms with Crippen LogP contribution in [0.3, 0.4) is 0 Å². The number of fused-ring (bicyclic) bond motifs is 2. The van der Waals surface area contributed by atoms with Gasteiger partial charge in [-0.15, -0.1) is 0 Å². The minimum Gasteiger partial charge on any atom is -0.481 e. The van der Waals surface area contributed by atoms with Crippen LogP contribution in [0.1, 0.15) is 41.7 Å². The summed E-state index contributed by atoms with van der Waals surface area (Å²) in [5, 5.41) is 15.4. The summed E-state index contributed by atoms with van der Waals surface area (Å²) < 4.78 is 5.68. The summed E-state index contributed by atoms with van der Waals surface area (Å²) in [7, 11) is 0. The molecular weight excluding hydrogens is 498 g/mol. The minimum absolute atomic E-state index is 0.0315. The zero-order valence-electron chi connectivity index (χ0n) is 21.2. The van der Waals surface area contributed by atoms with E-state index in [1.54, 1.807) is 12.3 Å². The fourth-order valence-corrected chi connectivity index (χ4v) is 4.40. The first-order valence-electron chi connectivity index (χ1n) is 12.6. The topological polar surface area (TPSA) is 149 Å². The lowest BCUT2D eigenvalue weighted by molar-refractivity contribution is -0.153. The van der Waals surface area contributed by atoms with Gasteiger partial charge in [0, 0.05) is 24.4 Å². The standard InChI is InChI=1S/C30H29N3O6/c31-27(34)17-24(15-19-12-13-20-6-1-2-7-21(20)14-19)39-30(38)25(10-5-11-28(35)36)33-29(37)26-16-22-8-3-4-9-23(22)18-32-26/h1-4,6-9,12-14,16,18,24-25H,5,10-11,15,17H2,(H2,31,34)(H,33,37)(H,35,36)/t24-,25-/m0/s1. The van der Waals surface area contributed by atoms with Crippen LogP contribution in [0.2, 0.25) is 0 Å². The predicted octanol–water partition coefficient (Wildman–Crippen LogP) is 3.77. The first-order valence-corrected chi connectivity index (χ1v) is 12.6. The molecule has 0 spiro atoms. The van der Waals surface area contributed by atoms with Crippen molar-refractivity contribution in [2.24, 2.45) is 5.73 Å². The Morgan fingerprint density at radius 3 is 2.26 bits per heavy atom. The maximum absolute atomic E-state index is 13.2. The Labute approximate surface area is 225 Å². The van der Waals surface area contributed by atoms with E-state index in [4.69, 9.17) is 15.6 Å². The Bertz CT molecular complexity index is 1520. The molecule has 0 aliphatic rings. The number of aromatic nitrogens is 1. The van der Waals surface area contributed by atoms with Gasteiger partial charge in [0.05, 0.1) is 6.42 Å². The Balaban J connectivity index is 1.50. The maximum Gasteiger partial charge on any atom is 0.328 e. The summed E-state index contributed by atoms with van der Waals surface area (Å²) in [6.45, 7) is 0. The fraction of sp³-hybridized carbons (Fsp3) is 0.233. The minimum atomic E-state index is -1.14. The van der Waals surface area contributed by atoms with Gasteiger partial charge in [-0.05, 0) is 40.6 Å². The van der Waals surface area contributed by atoms with Crippen molar-refractivity contribution >= 4 is 45.3 Å². The van der Waals surface area contributed by atoms with Crippen LogP contribution in [0.4, 0.5) is 0 Å². The molecule has 4 aromatic rings. The SMILES string of the molecule is NC(=O)C[C@H](Cc1ccc2ccccc2c1)OC(=O)[C@H](CCCC(=O)O)NC(=O)c1cc2ccccc2cn1. The summed E-state index contributed by atoms with van der Waals surface area (Å²) in [6, 6.07) is 21.5. The van der Waals surface area contributed by atoms with E-state index in [9.17, 15) is 19.2 Å². The van der Waals surface area contributed by atoms with Crippen molar-refractivity contribution in [3.05, 3.63) is 90.3 Å². The average molecular weight is 528 g/mol. The number of pyridine rings is 1. The molecule has 4 N–H and O–H groups in total. The lowest BCUT2D eigenvalue weighted by atomic mass is 10.0. The third-order valence-electron chi connectivity index (χ3n) is 6.33. The van der Waals surface area contributed by atoms with Gasteiger partial charge in [0.25, 0.3) is 5.91 Å². The molecule has 2 atom stereocenters. The number of hydrogen-bond donors (Lipinski definition) is 3. The van der Waals surface area contributed by atoms with E-state index in [0.29, 0.717) is 0 Å². The van der Waals surface area contributed by atoms with Gasteiger partial charge in [-0.1, -0.05) is 66.7 Å².